The molecule has 1 aliphatic rings. The maximum atomic E-state index is 12.8. The van der Waals surface area contributed by atoms with Gasteiger partial charge >= 0.3 is 5.97 Å². The monoisotopic (exact) mass is 403 g/mol. The van der Waals surface area contributed by atoms with Crippen LogP contribution >= 0.6 is 0 Å². The second kappa shape index (κ2) is 8.75. The van der Waals surface area contributed by atoms with E-state index in [4.69, 9.17) is 9.47 Å². The third-order valence-electron chi connectivity index (χ3n) is 4.77. The molecular formula is C21H25NO5S. The van der Waals surface area contributed by atoms with Crippen LogP contribution in [0.1, 0.15) is 25.3 Å². The highest BCUT2D eigenvalue weighted by molar-refractivity contribution is 7.89. The molecule has 7 heteroatoms. The second-order valence-electron chi connectivity index (χ2n) is 6.82. The van der Waals surface area contributed by atoms with Gasteiger partial charge in [-0.2, -0.15) is 4.31 Å². The van der Waals surface area contributed by atoms with E-state index in [1.54, 1.807) is 30.3 Å². The molecule has 2 aromatic rings. The zero-order chi connectivity index (χ0) is 20.1. The Balaban J connectivity index is 1.60. The number of hydrogen-bond donors (Lipinski definition) is 0. The van der Waals surface area contributed by atoms with Crippen LogP contribution in [-0.2, 0) is 14.8 Å². The van der Waals surface area contributed by atoms with Crippen LogP contribution < -0.4 is 9.47 Å². The van der Waals surface area contributed by atoms with Crippen LogP contribution in [0, 0.1) is 12.8 Å². The highest BCUT2D eigenvalue weighted by Crippen LogP contribution is 2.26. The molecule has 150 valence electrons. The first kappa shape index (κ1) is 20.4. The summed E-state index contributed by atoms with van der Waals surface area (Å²) in [5, 5.41) is 0. The molecule has 0 spiro atoms. The molecule has 0 saturated carbocycles. The van der Waals surface area contributed by atoms with Gasteiger partial charge < -0.3 is 9.47 Å². The SMILES string of the molecule is CCOc1ccc(S(=O)(=O)N2CCC(C(=O)Oc3cccc(C)c3)CC2)cc1. The number of piperidine rings is 1. The van der Waals surface area contributed by atoms with E-state index in [0.717, 1.165) is 5.56 Å². The molecule has 0 radical (unpaired) electrons. The van der Waals surface area contributed by atoms with Crippen molar-refractivity contribution in [2.75, 3.05) is 19.7 Å². The summed E-state index contributed by atoms with van der Waals surface area (Å²) in [6.07, 6.45) is 0.891. The molecule has 0 unspecified atom stereocenters. The largest absolute Gasteiger partial charge is 0.494 e. The number of rotatable bonds is 6. The van der Waals surface area contributed by atoms with Gasteiger partial charge in [-0.15, -0.1) is 0 Å². The lowest BCUT2D eigenvalue weighted by atomic mass is 9.98. The highest BCUT2D eigenvalue weighted by Gasteiger charge is 2.33. The number of esters is 1. The molecule has 3 rings (SSSR count). The van der Waals surface area contributed by atoms with Crippen molar-refractivity contribution in [3.63, 3.8) is 0 Å². The van der Waals surface area contributed by atoms with E-state index in [9.17, 15) is 13.2 Å². The first-order valence-corrected chi connectivity index (χ1v) is 10.9. The molecule has 0 atom stereocenters. The van der Waals surface area contributed by atoms with Crippen molar-refractivity contribution in [2.45, 2.75) is 31.6 Å². The predicted molar refractivity (Wildman–Crippen MR) is 106 cm³/mol. The number of carbonyl (C=O) groups excluding carboxylic acids is 1. The normalized spacial score (nSPS) is 15.9. The number of ether oxygens (including phenoxy) is 2. The smallest absolute Gasteiger partial charge is 0.314 e. The van der Waals surface area contributed by atoms with Crippen molar-refractivity contribution in [1.82, 2.24) is 4.31 Å². The maximum absolute atomic E-state index is 12.8. The van der Waals surface area contributed by atoms with E-state index in [-0.39, 0.29) is 16.8 Å². The standard InChI is InChI=1S/C21H25NO5S/c1-3-26-18-7-9-20(10-8-18)28(24,25)22-13-11-17(12-14-22)21(23)27-19-6-4-5-16(2)15-19/h4-10,15,17H,3,11-14H2,1-2H3. The number of aryl methyl sites for hydroxylation is 1. The maximum Gasteiger partial charge on any atom is 0.314 e. The average Bonchev–Trinajstić information content (AvgIpc) is 2.69. The first-order valence-electron chi connectivity index (χ1n) is 9.41. The summed E-state index contributed by atoms with van der Waals surface area (Å²) < 4.78 is 37.9. The van der Waals surface area contributed by atoms with Crippen molar-refractivity contribution in [3.05, 3.63) is 54.1 Å². The molecule has 2 aromatic carbocycles. The van der Waals surface area contributed by atoms with Gasteiger partial charge in [-0.1, -0.05) is 12.1 Å². The molecule has 6 nitrogen and oxygen atoms in total. The van der Waals surface area contributed by atoms with Gasteiger partial charge in [0.2, 0.25) is 10.0 Å². The summed E-state index contributed by atoms with van der Waals surface area (Å²) in [5.74, 6) is 0.560. The number of carbonyl (C=O) groups is 1. The van der Waals surface area contributed by atoms with Gasteiger partial charge in [0.05, 0.1) is 17.4 Å². The van der Waals surface area contributed by atoms with E-state index >= 15 is 0 Å². The number of nitrogens with zero attached hydrogens (tertiary/aromatic N) is 1. The average molecular weight is 404 g/mol. The Morgan fingerprint density at radius 3 is 2.36 bits per heavy atom. The zero-order valence-corrected chi connectivity index (χ0v) is 16.9. The summed E-state index contributed by atoms with van der Waals surface area (Å²) in [5.41, 5.74) is 1.02. The van der Waals surface area contributed by atoms with E-state index in [2.05, 4.69) is 0 Å². The summed E-state index contributed by atoms with van der Waals surface area (Å²) >= 11 is 0. The third-order valence-corrected chi connectivity index (χ3v) is 6.68. The Hall–Kier alpha value is -2.38. The fraction of sp³-hybridized carbons (Fsp3) is 0.381. The molecule has 1 aliphatic heterocycles. The second-order valence-corrected chi connectivity index (χ2v) is 8.76. The van der Waals surface area contributed by atoms with Crippen molar-refractivity contribution < 1.29 is 22.7 Å². The minimum atomic E-state index is -3.58. The van der Waals surface area contributed by atoms with Crippen LogP contribution in [0.3, 0.4) is 0 Å². The van der Waals surface area contributed by atoms with Crippen LogP contribution in [-0.4, -0.2) is 38.4 Å². The predicted octanol–water partition coefficient (Wildman–Crippen LogP) is 3.40. The van der Waals surface area contributed by atoms with Gasteiger partial charge in [-0.3, -0.25) is 4.79 Å². The molecule has 1 saturated heterocycles. The third kappa shape index (κ3) is 4.72. The van der Waals surface area contributed by atoms with Crippen LogP contribution in [0.15, 0.2) is 53.4 Å². The lowest BCUT2D eigenvalue weighted by molar-refractivity contribution is -0.140. The molecule has 0 bridgehead atoms. The summed E-state index contributed by atoms with van der Waals surface area (Å²) in [4.78, 5) is 12.6. The molecule has 1 heterocycles. The topological polar surface area (TPSA) is 72.9 Å². The van der Waals surface area contributed by atoms with E-state index < -0.39 is 10.0 Å². The molecule has 0 amide bonds. The van der Waals surface area contributed by atoms with Crippen LogP contribution in [0.25, 0.3) is 0 Å². The quantitative estimate of drug-likeness (QED) is 0.546. The molecule has 28 heavy (non-hydrogen) atoms. The number of hydrogen-bond acceptors (Lipinski definition) is 5. The molecule has 0 aliphatic carbocycles. The first-order chi connectivity index (χ1) is 13.4. The molecule has 0 aromatic heterocycles. The van der Waals surface area contributed by atoms with Gasteiger partial charge in [0.25, 0.3) is 0 Å². The molecule has 0 N–H and O–H groups in total. The Morgan fingerprint density at radius 1 is 1.07 bits per heavy atom. The van der Waals surface area contributed by atoms with Gasteiger partial charge in [0.15, 0.2) is 0 Å². The fourth-order valence-electron chi connectivity index (χ4n) is 3.23. The van der Waals surface area contributed by atoms with Crippen molar-refractivity contribution in [1.29, 1.82) is 0 Å². The lowest BCUT2D eigenvalue weighted by Crippen LogP contribution is -2.41. The Bertz CT molecular complexity index is 916. The summed E-state index contributed by atoms with van der Waals surface area (Å²) in [6, 6.07) is 13.7. The Morgan fingerprint density at radius 2 is 1.75 bits per heavy atom. The summed E-state index contributed by atoms with van der Waals surface area (Å²) in [7, 11) is -3.58. The highest BCUT2D eigenvalue weighted by atomic mass is 32.2. The summed E-state index contributed by atoms with van der Waals surface area (Å²) in [6.45, 7) is 4.92. The molecular weight excluding hydrogens is 378 g/mol. The zero-order valence-electron chi connectivity index (χ0n) is 16.1. The van der Waals surface area contributed by atoms with Crippen LogP contribution in [0.4, 0.5) is 0 Å². The van der Waals surface area contributed by atoms with E-state index in [0.29, 0.717) is 44.0 Å². The van der Waals surface area contributed by atoms with Crippen LogP contribution in [0.5, 0.6) is 11.5 Å². The Labute approximate surface area is 166 Å². The lowest BCUT2D eigenvalue weighted by Gasteiger charge is -2.30. The van der Waals surface area contributed by atoms with Gasteiger partial charge in [0, 0.05) is 13.1 Å². The number of benzene rings is 2. The van der Waals surface area contributed by atoms with Crippen molar-refractivity contribution >= 4 is 16.0 Å². The fourth-order valence-corrected chi connectivity index (χ4v) is 4.70. The van der Waals surface area contributed by atoms with Gasteiger partial charge in [-0.05, 0) is 68.7 Å². The van der Waals surface area contributed by atoms with Gasteiger partial charge in [0.1, 0.15) is 11.5 Å². The van der Waals surface area contributed by atoms with Crippen molar-refractivity contribution in [3.8, 4) is 11.5 Å². The minimum Gasteiger partial charge on any atom is -0.494 e. The van der Waals surface area contributed by atoms with Crippen molar-refractivity contribution in [2.24, 2.45) is 5.92 Å². The number of sulfonamides is 1. The van der Waals surface area contributed by atoms with E-state index in [1.807, 2.05) is 32.0 Å². The van der Waals surface area contributed by atoms with E-state index in [1.165, 1.54) is 4.31 Å². The minimum absolute atomic E-state index is 0.233. The van der Waals surface area contributed by atoms with Crippen LogP contribution in [0.2, 0.25) is 0 Å². The molecule has 1 fully saturated rings. The van der Waals surface area contributed by atoms with Gasteiger partial charge in [-0.25, -0.2) is 8.42 Å². The Kier molecular flexibility index (Phi) is 6.36.